The molecule has 1 aliphatic heterocycles. The molecule has 0 bridgehead atoms. The maximum absolute atomic E-state index is 12.4. The molecule has 3 rings (SSSR count). The first-order valence-electron chi connectivity index (χ1n) is 8.93. The van der Waals surface area contributed by atoms with Crippen molar-refractivity contribution in [2.75, 3.05) is 26.1 Å². The van der Waals surface area contributed by atoms with E-state index in [0.29, 0.717) is 34.7 Å². The van der Waals surface area contributed by atoms with Crippen molar-refractivity contribution in [2.45, 2.75) is 19.8 Å². The lowest BCUT2D eigenvalue weighted by atomic mass is 10.1. The molecule has 146 valence electrons. The summed E-state index contributed by atoms with van der Waals surface area (Å²) in [5, 5.41) is 2.78. The maximum Gasteiger partial charge on any atom is 0.261 e. The van der Waals surface area contributed by atoms with Gasteiger partial charge in [0.05, 0.1) is 25.3 Å². The van der Waals surface area contributed by atoms with E-state index in [-0.39, 0.29) is 30.7 Å². The van der Waals surface area contributed by atoms with Gasteiger partial charge in [0.25, 0.3) is 11.8 Å². The molecule has 1 aliphatic rings. The highest BCUT2D eigenvalue weighted by Gasteiger charge is 2.34. The molecule has 3 amide bonds. The standard InChI is InChI=1S/C21H22N2O5/c1-13-6-8-15-16(11-13)21(26)23(20(15)25)10-4-5-19(24)22-14-7-9-17(27-2)18(12-14)28-3/h6-9,11-12H,4-5,10H2,1-3H3,(H,22,24). The molecule has 1 heterocycles. The fourth-order valence-corrected chi connectivity index (χ4v) is 3.14. The summed E-state index contributed by atoms with van der Waals surface area (Å²) >= 11 is 0. The third kappa shape index (κ3) is 3.83. The van der Waals surface area contributed by atoms with E-state index in [0.717, 1.165) is 5.56 Å². The quantitative estimate of drug-likeness (QED) is 0.744. The fourth-order valence-electron chi connectivity index (χ4n) is 3.14. The number of nitrogens with one attached hydrogen (secondary N) is 1. The number of nitrogens with zero attached hydrogens (tertiary/aromatic N) is 1. The second-order valence-corrected chi connectivity index (χ2v) is 6.53. The Bertz CT molecular complexity index is 938. The van der Waals surface area contributed by atoms with Crippen LogP contribution in [0.25, 0.3) is 0 Å². The number of hydrogen-bond donors (Lipinski definition) is 1. The molecule has 28 heavy (non-hydrogen) atoms. The maximum atomic E-state index is 12.4. The van der Waals surface area contributed by atoms with Crippen LogP contribution in [-0.4, -0.2) is 43.4 Å². The lowest BCUT2D eigenvalue weighted by molar-refractivity contribution is -0.116. The highest BCUT2D eigenvalue weighted by atomic mass is 16.5. The number of carbonyl (C=O) groups excluding carboxylic acids is 3. The number of methoxy groups -OCH3 is 2. The molecule has 0 aliphatic carbocycles. The van der Waals surface area contributed by atoms with E-state index in [1.165, 1.54) is 19.1 Å². The molecule has 2 aromatic rings. The highest BCUT2D eigenvalue weighted by molar-refractivity contribution is 6.21. The molecule has 2 aromatic carbocycles. The van der Waals surface area contributed by atoms with Crippen LogP contribution in [0.1, 0.15) is 39.1 Å². The minimum atomic E-state index is -0.305. The number of carbonyl (C=O) groups is 3. The summed E-state index contributed by atoms with van der Waals surface area (Å²) < 4.78 is 10.4. The molecule has 0 radical (unpaired) electrons. The molecule has 0 unspecified atom stereocenters. The van der Waals surface area contributed by atoms with Gasteiger partial charge in [-0.1, -0.05) is 11.6 Å². The Kier molecular flexibility index (Phi) is 5.63. The van der Waals surface area contributed by atoms with Crippen LogP contribution in [0.2, 0.25) is 0 Å². The van der Waals surface area contributed by atoms with Crippen molar-refractivity contribution in [2.24, 2.45) is 0 Å². The summed E-state index contributed by atoms with van der Waals surface area (Å²) in [5.41, 5.74) is 2.36. The third-order valence-corrected chi connectivity index (χ3v) is 4.58. The molecular formula is C21H22N2O5. The van der Waals surface area contributed by atoms with Crippen LogP contribution in [0.5, 0.6) is 11.5 Å². The van der Waals surface area contributed by atoms with Crippen molar-refractivity contribution in [1.82, 2.24) is 4.90 Å². The SMILES string of the molecule is COc1ccc(NC(=O)CCCN2C(=O)c3ccc(C)cc3C2=O)cc1OC. The Labute approximate surface area is 163 Å². The van der Waals surface area contributed by atoms with Gasteiger partial charge in [-0.15, -0.1) is 0 Å². The fraction of sp³-hybridized carbons (Fsp3) is 0.286. The van der Waals surface area contributed by atoms with E-state index < -0.39 is 0 Å². The lowest BCUT2D eigenvalue weighted by Gasteiger charge is -2.14. The van der Waals surface area contributed by atoms with Crippen LogP contribution in [0.3, 0.4) is 0 Å². The Hall–Kier alpha value is -3.35. The lowest BCUT2D eigenvalue weighted by Crippen LogP contribution is -2.31. The van der Waals surface area contributed by atoms with Crippen molar-refractivity contribution in [3.8, 4) is 11.5 Å². The van der Waals surface area contributed by atoms with Gasteiger partial charge in [0.1, 0.15) is 0 Å². The van der Waals surface area contributed by atoms with E-state index in [2.05, 4.69) is 5.32 Å². The van der Waals surface area contributed by atoms with E-state index in [1.54, 1.807) is 30.3 Å². The third-order valence-electron chi connectivity index (χ3n) is 4.58. The van der Waals surface area contributed by atoms with Crippen LogP contribution in [0, 0.1) is 6.92 Å². The van der Waals surface area contributed by atoms with Gasteiger partial charge in [0, 0.05) is 24.7 Å². The molecule has 1 N–H and O–H groups in total. The first-order valence-corrected chi connectivity index (χ1v) is 8.93. The van der Waals surface area contributed by atoms with Crippen molar-refractivity contribution >= 4 is 23.4 Å². The van der Waals surface area contributed by atoms with Crippen molar-refractivity contribution < 1.29 is 23.9 Å². The topological polar surface area (TPSA) is 84.9 Å². The minimum absolute atomic E-state index is 0.181. The Balaban J connectivity index is 1.55. The summed E-state index contributed by atoms with van der Waals surface area (Å²) in [4.78, 5) is 38.2. The van der Waals surface area contributed by atoms with Crippen LogP contribution in [0.4, 0.5) is 5.69 Å². The second kappa shape index (κ2) is 8.12. The van der Waals surface area contributed by atoms with Gasteiger partial charge in [-0.25, -0.2) is 0 Å². The summed E-state index contributed by atoms with van der Waals surface area (Å²) in [6.45, 7) is 2.07. The van der Waals surface area contributed by atoms with Gasteiger partial charge >= 0.3 is 0 Å². The van der Waals surface area contributed by atoms with E-state index in [9.17, 15) is 14.4 Å². The van der Waals surface area contributed by atoms with Crippen LogP contribution in [-0.2, 0) is 4.79 Å². The number of aryl methyl sites for hydroxylation is 1. The van der Waals surface area contributed by atoms with Gasteiger partial charge in [-0.3, -0.25) is 19.3 Å². The molecule has 0 fully saturated rings. The number of fused-ring (bicyclic) bond motifs is 1. The monoisotopic (exact) mass is 382 g/mol. The van der Waals surface area contributed by atoms with Crippen molar-refractivity contribution in [3.05, 3.63) is 53.1 Å². The zero-order valence-corrected chi connectivity index (χ0v) is 16.1. The summed E-state index contributed by atoms with van der Waals surface area (Å²) in [5.74, 6) is 0.270. The van der Waals surface area contributed by atoms with Gasteiger partial charge < -0.3 is 14.8 Å². The molecule has 0 atom stereocenters. The smallest absolute Gasteiger partial charge is 0.261 e. The second-order valence-electron chi connectivity index (χ2n) is 6.53. The van der Waals surface area contributed by atoms with E-state index >= 15 is 0 Å². The molecule has 0 spiro atoms. The zero-order valence-electron chi connectivity index (χ0n) is 16.1. The number of hydrogen-bond acceptors (Lipinski definition) is 5. The van der Waals surface area contributed by atoms with Gasteiger partial charge in [-0.2, -0.15) is 0 Å². The van der Waals surface area contributed by atoms with E-state index in [1.807, 2.05) is 13.0 Å². The van der Waals surface area contributed by atoms with Crippen molar-refractivity contribution in [1.29, 1.82) is 0 Å². The molecular weight excluding hydrogens is 360 g/mol. The average Bonchev–Trinajstić information content (AvgIpc) is 2.92. The van der Waals surface area contributed by atoms with Crippen LogP contribution < -0.4 is 14.8 Å². The summed E-state index contributed by atoms with van der Waals surface area (Å²) in [6.07, 6.45) is 0.560. The summed E-state index contributed by atoms with van der Waals surface area (Å²) in [7, 11) is 3.06. The Morgan fingerprint density at radius 1 is 0.964 bits per heavy atom. The summed E-state index contributed by atoms with van der Waals surface area (Å²) in [6, 6.07) is 10.3. The number of ether oxygens (including phenoxy) is 2. The number of imide groups is 1. The van der Waals surface area contributed by atoms with Crippen LogP contribution >= 0.6 is 0 Å². The average molecular weight is 382 g/mol. The predicted octanol–water partition coefficient (Wildman–Crippen LogP) is 3.03. The molecule has 0 saturated carbocycles. The largest absolute Gasteiger partial charge is 0.493 e. The zero-order chi connectivity index (χ0) is 20.3. The molecule has 0 saturated heterocycles. The molecule has 7 nitrogen and oxygen atoms in total. The Morgan fingerprint density at radius 3 is 2.39 bits per heavy atom. The minimum Gasteiger partial charge on any atom is -0.493 e. The Morgan fingerprint density at radius 2 is 1.68 bits per heavy atom. The molecule has 0 aromatic heterocycles. The van der Waals surface area contributed by atoms with Crippen molar-refractivity contribution in [3.63, 3.8) is 0 Å². The van der Waals surface area contributed by atoms with Gasteiger partial charge in [-0.05, 0) is 37.6 Å². The molecule has 7 heteroatoms. The first-order chi connectivity index (χ1) is 13.4. The highest BCUT2D eigenvalue weighted by Crippen LogP contribution is 2.30. The normalized spacial score (nSPS) is 12.8. The number of benzene rings is 2. The first kappa shape index (κ1) is 19.4. The predicted molar refractivity (Wildman–Crippen MR) is 104 cm³/mol. The number of rotatable bonds is 7. The number of amides is 3. The van der Waals surface area contributed by atoms with Gasteiger partial charge in [0.15, 0.2) is 11.5 Å². The van der Waals surface area contributed by atoms with E-state index in [4.69, 9.17) is 9.47 Å². The number of anilines is 1. The van der Waals surface area contributed by atoms with Gasteiger partial charge in [0.2, 0.25) is 5.91 Å². The van der Waals surface area contributed by atoms with Crippen LogP contribution in [0.15, 0.2) is 36.4 Å².